The third-order valence-electron chi connectivity index (χ3n) is 12.0. The van der Waals surface area contributed by atoms with Gasteiger partial charge in [-0.25, -0.2) is 0 Å². The first-order chi connectivity index (χ1) is 30.8. The minimum absolute atomic E-state index is 1.07. The fourth-order valence-electron chi connectivity index (χ4n) is 9.10. The second-order valence-corrected chi connectivity index (χ2v) is 15.7. The summed E-state index contributed by atoms with van der Waals surface area (Å²) in [5.41, 5.74) is 18.5. The van der Waals surface area contributed by atoms with E-state index in [9.17, 15) is 0 Å². The molecule has 11 rings (SSSR count). The minimum Gasteiger partial charge on any atom is -0.310 e. The topological polar surface area (TPSA) is 8.17 Å². The van der Waals surface area contributed by atoms with E-state index in [1.54, 1.807) is 0 Å². The van der Waals surface area contributed by atoms with Crippen LogP contribution in [-0.2, 0) is 0 Å². The van der Waals surface area contributed by atoms with Gasteiger partial charge in [-0.15, -0.1) is 0 Å². The fraction of sp³-hybridized carbons (Fsp3) is 0. The number of para-hydroxylation sites is 1. The van der Waals surface area contributed by atoms with Crippen LogP contribution in [0.1, 0.15) is 0 Å². The lowest BCUT2D eigenvalue weighted by molar-refractivity contribution is 1.18. The summed E-state index contributed by atoms with van der Waals surface area (Å²) in [7, 11) is 0. The lowest BCUT2D eigenvalue weighted by Crippen LogP contribution is -2.12. The number of benzene rings is 10. The van der Waals surface area contributed by atoms with E-state index >= 15 is 0 Å². The predicted octanol–water partition coefficient (Wildman–Crippen LogP) is 16.6. The zero-order chi connectivity index (χ0) is 41.2. The van der Waals surface area contributed by atoms with Gasteiger partial charge in [0.05, 0.1) is 22.4 Å². The monoisotopic (exact) mass is 790 g/mol. The Morgan fingerprint density at radius 3 is 1.40 bits per heavy atom. The summed E-state index contributed by atoms with van der Waals surface area (Å²) in [5.74, 6) is 0. The molecule has 0 radical (unpaired) electrons. The van der Waals surface area contributed by atoms with Crippen molar-refractivity contribution in [2.24, 2.45) is 0 Å². The molecule has 0 aliphatic rings. The zero-order valence-electron chi connectivity index (χ0n) is 34.1. The Bertz CT molecular complexity index is 3300. The molecule has 2 heteroatoms. The smallest absolute Gasteiger partial charge is 0.0562 e. The van der Waals surface area contributed by atoms with Crippen LogP contribution in [0, 0.1) is 0 Å². The van der Waals surface area contributed by atoms with Crippen LogP contribution in [0.3, 0.4) is 0 Å². The molecule has 0 spiro atoms. The number of rotatable bonds is 9. The molecule has 0 fully saturated rings. The predicted molar refractivity (Wildman–Crippen MR) is 263 cm³/mol. The highest BCUT2D eigenvalue weighted by atomic mass is 15.1. The van der Waals surface area contributed by atoms with Crippen molar-refractivity contribution in [1.29, 1.82) is 0 Å². The number of nitrogens with zero attached hydrogens (tertiary/aromatic N) is 2. The summed E-state index contributed by atoms with van der Waals surface area (Å²) in [5, 5.41) is 2.42. The van der Waals surface area contributed by atoms with E-state index in [0.29, 0.717) is 0 Å². The van der Waals surface area contributed by atoms with Crippen LogP contribution in [0.5, 0.6) is 0 Å². The first kappa shape index (κ1) is 36.8. The molecule has 0 amide bonds. The number of hydrogen-bond donors (Lipinski definition) is 0. The van der Waals surface area contributed by atoms with Crippen molar-refractivity contribution < 1.29 is 0 Å². The first-order valence-corrected chi connectivity index (χ1v) is 21.3. The van der Waals surface area contributed by atoms with Gasteiger partial charge in [0.2, 0.25) is 0 Å². The van der Waals surface area contributed by atoms with Gasteiger partial charge in [-0.05, 0) is 87.0 Å². The van der Waals surface area contributed by atoms with Crippen molar-refractivity contribution in [3.05, 3.63) is 255 Å². The summed E-state index contributed by atoms with van der Waals surface area (Å²) in [4.78, 5) is 2.45. The zero-order valence-corrected chi connectivity index (χ0v) is 34.1. The Morgan fingerprint density at radius 1 is 0.274 bits per heavy atom. The molecule has 0 saturated carbocycles. The molecule has 0 aliphatic carbocycles. The molecule has 0 N–H and O–H groups in total. The van der Waals surface area contributed by atoms with Crippen LogP contribution < -0.4 is 4.90 Å². The Balaban J connectivity index is 1.20. The summed E-state index contributed by atoms with van der Waals surface area (Å²) in [6.45, 7) is 0. The van der Waals surface area contributed by atoms with E-state index in [-0.39, 0.29) is 0 Å². The van der Waals surface area contributed by atoms with Crippen LogP contribution in [0.2, 0.25) is 0 Å². The number of fused-ring (bicyclic) bond motifs is 3. The number of anilines is 3. The van der Waals surface area contributed by atoms with Gasteiger partial charge in [-0.1, -0.05) is 212 Å². The van der Waals surface area contributed by atoms with Gasteiger partial charge in [-0.2, -0.15) is 0 Å². The summed E-state index contributed by atoms with van der Waals surface area (Å²) in [6, 6.07) is 92.2. The molecule has 1 aromatic heterocycles. The molecular weight excluding hydrogens is 749 g/mol. The van der Waals surface area contributed by atoms with Gasteiger partial charge in [0, 0.05) is 33.3 Å². The van der Waals surface area contributed by atoms with Crippen LogP contribution in [-0.4, -0.2) is 4.57 Å². The van der Waals surface area contributed by atoms with Crippen molar-refractivity contribution in [3.8, 4) is 61.3 Å². The summed E-state index contributed by atoms with van der Waals surface area (Å²) < 4.78 is 2.48. The van der Waals surface area contributed by atoms with E-state index in [1.807, 2.05) is 0 Å². The van der Waals surface area contributed by atoms with Gasteiger partial charge < -0.3 is 9.47 Å². The molecule has 1 heterocycles. The molecule has 2 nitrogen and oxygen atoms in total. The lowest BCUT2D eigenvalue weighted by atomic mass is 9.92. The van der Waals surface area contributed by atoms with Gasteiger partial charge in [0.25, 0.3) is 0 Å². The van der Waals surface area contributed by atoms with Gasteiger partial charge in [0.15, 0.2) is 0 Å². The van der Waals surface area contributed by atoms with Crippen molar-refractivity contribution in [1.82, 2.24) is 4.57 Å². The van der Waals surface area contributed by atoms with Gasteiger partial charge in [0.1, 0.15) is 0 Å². The highest BCUT2D eigenvalue weighted by molar-refractivity contribution is 6.11. The molecular formula is C60H42N2. The Kier molecular flexibility index (Phi) is 9.57. The van der Waals surface area contributed by atoms with Crippen LogP contribution in [0.25, 0.3) is 83.1 Å². The SMILES string of the molecule is c1ccc(-c2ccc(N(c3ccc4c5ccccc5n(-c5cc(-c6ccccc6)ccc5-c5ccccc5)c4c3)c3cccc(-c4ccccc4)c3-c3ccccc3)cc2)cc1. The van der Waals surface area contributed by atoms with E-state index in [2.05, 4.69) is 264 Å². The van der Waals surface area contributed by atoms with Crippen molar-refractivity contribution >= 4 is 38.9 Å². The minimum atomic E-state index is 1.07. The average Bonchev–Trinajstić information content (AvgIpc) is 3.69. The maximum absolute atomic E-state index is 2.48. The van der Waals surface area contributed by atoms with E-state index in [4.69, 9.17) is 0 Å². The van der Waals surface area contributed by atoms with E-state index in [1.165, 1.54) is 60.8 Å². The van der Waals surface area contributed by atoms with Crippen LogP contribution in [0.15, 0.2) is 255 Å². The molecule has 0 bridgehead atoms. The molecule has 0 atom stereocenters. The molecule has 10 aromatic carbocycles. The Morgan fingerprint density at radius 2 is 0.758 bits per heavy atom. The first-order valence-electron chi connectivity index (χ1n) is 21.3. The van der Waals surface area contributed by atoms with Crippen molar-refractivity contribution in [2.75, 3.05) is 4.90 Å². The lowest BCUT2D eigenvalue weighted by Gasteiger charge is -2.29. The molecule has 62 heavy (non-hydrogen) atoms. The molecule has 0 aliphatic heterocycles. The van der Waals surface area contributed by atoms with Crippen molar-refractivity contribution in [2.45, 2.75) is 0 Å². The number of hydrogen-bond acceptors (Lipinski definition) is 1. The third kappa shape index (κ3) is 6.74. The highest BCUT2D eigenvalue weighted by Gasteiger charge is 2.23. The molecule has 292 valence electrons. The standard InChI is InChI=1S/C60H42N2/c1-6-19-43(20-7-1)45-33-36-50(37-34-45)61(57-32-18-30-53(47-25-12-4-13-26-47)60(57)48-27-14-5-15-28-48)51-38-40-55-54-29-16-17-31-56(54)62(59(55)42-51)58-41-49(44-21-8-2-9-22-44)35-39-52(58)46-23-10-3-11-24-46/h1-42H. The van der Waals surface area contributed by atoms with Gasteiger partial charge in [-0.3, -0.25) is 0 Å². The fourth-order valence-corrected chi connectivity index (χ4v) is 9.10. The quantitative estimate of drug-likeness (QED) is 0.141. The second kappa shape index (κ2) is 16.1. The van der Waals surface area contributed by atoms with Crippen LogP contribution in [0.4, 0.5) is 17.1 Å². The maximum Gasteiger partial charge on any atom is 0.0562 e. The molecule has 0 unspecified atom stereocenters. The van der Waals surface area contributed by atoms with E-state index < -0.39 is 0 Å². The highest BCUT2D eigenvalue weighted by Crippen LogP contribution is 2.47. The van der Waals surface area contributed by atoms with Gasteiger partial charge >= 0.3 is 0 Å². The largest absolute Gasteiger partial charge is 0.310 e. The van der Waals surface area contributed by atoms with Crippen molar-refractivity contribution in [3.63, 3.8) is 0 Å². The third-order valence-corrected chi connectivity index (χ3v) is 12.0. The Hall–Kier alpha value is -8.20. The average molecular weight is 791 g/mol. The molecule has 11 aromatic rings. The normalized spacial score (nSPS) is 11.2. The summed E-state index contributed by atoms with van der Waals surface area (Å²) in [6.07, 6.45) is 0. The summed E-state index contributed by atoms with van der Waals surface area (Å²) >= 11 is 0. The molecule has 0 saturated heterocycles. The second-order valence-electron chi connectivity index (χ2n) is 15.7. The van der Waals surface area contributed by atoms with E-state index in [0.717, 1.165) is 39.3 Å². The maximum atomic E-state index is 2.48. The number of aromatic nitrogens is 1. The van der Waals surface area contributed by atoms with Crippen LogP contribution >= 0.6 is 0 Å². The Labute approximate surface area is 362 Å².